The third-order valence-corrected chi connectivity index (χ3v) is 15.9. The standard InChI is InChI=1S/C60H26/c1-3-9-29-27(7-1)31-11-5-13-33-37-19-21-43-45-26-24-42-40-18-16-36-30-10-4-2-8-28(30)32-12-6-14-34-38-20-22-44-46-25-23-41-39-17-15-35(29)49(47(31)33)51(39)53(37)55(43)57(41)59(46)60(45)58(42)56(44)54(38)52(40)50(36)48(32)34/h1-26H. The molecule has 266 valence electrons. The first-order chi connectivity index (χ1) is 29.8. The molecule has 0 saturated carbocycles. The van der Waals surface area contributed by atoms with Gasteiger partial charge in [0.1, 0.15) is 0 Å². The second kappa shape index (κ2) is 8.93. The Hall–Kier alpha value is -7.80. The van der Waals surface area contributed by atoms with E-state index < -0.39 is 0 Å². The fourth-order valence-electron chi connectivity index (χ4n) is 13.9. The van der Waals surface area contributed by atoms with Crippen molar-refractivity contribution in [1.29, 1.82) is 0 Å². The SMILES string of the molecule is c1ccc2c(c1)c1cccc3c4ccc5c6ccc7c8ccc9c%10ccccc%10c%10cccc%11c%12ccc%13c%14ccc%15c%16ccc2c(c13)c%16c4c5c%15c%14c6c7c%13c%12c8c9c%10%11. The molecule has 0 N–H and O–H groups in total. The highest BCUT2D eigenvalue weighted by Crippen LogP contribution is 2.59. The quantitative estimate of drug-likeness (QED) is 0.107. The summed E-state index contributed by atoms with van der Waals surface area (Å²) < 4.78 is 0. The van der Waals surface area contributed by atoms with Gasteiger partial charge in [-0.05, 0) is 183 Å². The Morgan fingerprint density at radius 3 is 0.450 bits per heavy atom. The summed E-state index contributed by atoms with van der Waals surface area (Å²) in [4.78, 5) is 0. The maximum atomic E-state index is 2.48. The maximum Gasteiger partial charge on any atom is -0.000717 e. The van der Waals surface area contributed by atoms with Crippen LogP contribution in [0.1, 0.15) is 0 Å². The molecule has 0 atom stereocenters. The van der Waals surface area contributed by atoms with Crippen LogP contribution in [-0.4, -0.2) is 0 Å². The van der Waals surface area contributed by atoms with Gasteiger partial charge < -0.3 is 0 Å². The van der Waals surface area contributed by atoms with Gasteiger partial charge in [-0.25, -0.2) is 0 Å². The van der Waals surface area contributed by atoms with Crippen LogP contribution >= 0.6 is 0 Å². The smallest absolute Gasteiger partial charge is 0.000717 e. The van der Waals surface area contributed by atoms with Gasteiger partial charge >= 0.3 is 0 Å². The van der Waals surface area contributed by atoms with Crippen molar-refractivity contribution in [3.05, 3.63) is 158 Å². The van der Waals surface area contributed by atoms with Crippen molar-refractivity contribution in [2.75, 3.05) is 0 Å². The Balaban J connectivity index is 1.15. The number of rotatable bonds is 0. The molecule has 0 aliphatic heterocycles. The molecule has 0 radical (unpaired) electrons. The van der Waals surface area contributed by atoms with Crippen LogP contribution in [0.15, 0.2) is 158 Å². The first kappa shape index (κ1) is 28.6. The number of fused-ring (bicyclic) bond motifs is 12. The van der Waals surface area contributed by atoms with Crippen LogP contribution in [0.5, 0.6) is 0 Å². The summed E-state index contributed by atoms with van der Waals surface area (Å²) in [6, 6.07) is 61.6. The Morgan fingerprint density at radius 2 is 0.233 bits per heavy atom. The Bertz CT molecular complexity index is 4650. The predicted molar refractivity (Wildman–Crippen MR) is 262 cm³/mol. The van der Waals surface area contributed by atoms with Gasteiger partial charge in [-0.2, -0.15) is 0 Å². The molecule has 0 fully saturated rings. The van der Waals surface area contributed by atoms with Crippen molar-refractivity contribution in [2.24, 2.45) is 0 Å². The van der Waals surface area contributed by atoms with Crippen LogP contribution in [0.3, 0.4) is 0 Å². The third kappa shape index (κ3) is 2.70. The zero-order valence-electron chi connectivity index (χ0n) is 32.0. The highest BCUT2D eigenvalue weighted by atomic mass is 14.3. The van der Waals surface area contributed by atoms with Gasteiger partial charge in [0.2, 0.25) is 0 Å². The van der Waals surface area contributed by atoms with E-state index in [1.165, 1.54) is 183 Å². The molecule has 0 heterocycles. The zero-order valence-corrected chi connectivity index (χ0v) is 32.0. The van der Waals surface area contributed by atoms with E-state index in [2.05, 4.69) is 158 Å². The van der Waals surface area contributed by atoms with Gasteiger partial charge in [-0.3, -0.25) is 0 Å². The largest absolute Gasteiger partial charge is 0.0616 e. The lowest BCUT2D eigenvalue weighted by Gasteiger charge is -2.27. The van der Waals surface area contributed by atoms with Crippen LogP contribution in [0.25, 0.3) is 183 Å². The van der Waals surface area contributed by atoms with Gasteiger partial charge in [0.15, 0.2) is 0 Å². The normalized spacial score (nSPS) is 13.7. The fourth-order valence-corrected chi connectivity index (χ4v) is 13.9. The number of hydrogen-bond acceptors (Lipinski definition) is 0. The van der Waals surface area contributed by atoms with Gasteiger partial charge in [0.25, 0.3) is 0 Å². The van der Waals surface area contributed by atoms with Crippen molar-refractivity contribution < 1.29 is 0 Å². The van der Waals surface area contributed by atoms with Gasteiger partial charge in [-0.1, -0.05) is 158 Å². The predicted octanol–water partition coefficient (Wildman–Crippen LogP) is 17.4. The molecule has 0 aliphatic rings. The summed E-state index contributed by atoms with van der Waals surface area (Å²) in [5.74, 6) is 0. The van der Waals surface area contributed by atoms with Crippen LogP contribution in [0, 0.1) is 0 Å². The average molecular weight is 747 g/mol. The topological polar surface area (TPSA) is 0 Å². The number of benzene rings is 18. The van der Waals surface area contributed by atoms with Crippen molar-refractivity contribution in [1.82, 2.24) is 0 Å². The van der Waals surface area contributed by atoms with Crippen LogP contribution < -0.4 is 0 Å². The summed E-state index contributed by atoms with van der Waals surface area (Å²) in [7, 11) is 0. The van der Waals surface area contributed by atoms with Gasteiger partial charge in [0.05, 0.1) is 0 Å². The molecule has 60 heavy (non-hydrogen) atoms. The summed E-state index contributed by atoms with van der Waals surface area (Å²) in [5.41, 5.74) is 0. The zero-order chi connectivity index (χ0) is 38.0. The highest BCUT2D eigenvalue weighted by Gasteiger charge is 2.30. The minimum atomic E-state index is 1.34. The van der Waals surface area contributed by atoms with Crippen LogP contribution in [0.2, 0.25) is 0 Å². The molecule has 0 heteroatoms. The first-order valence-corrected chi connectivity index (χ1v) is 21.4. The lowest BCUT2D eigenvalue weighted by molar-refractivity contribution is 1.80. The summed E-state index contributed by atoms with van der Waals surface area (Å²) >= 11 is 0. The molecule has 0 aromatic heterocycles. The van der Waals surface area contributed by atoms with E-state index in [0.29, 0.717) is 0 Å². The molecule has 18 rings (SSSR count). The van der Waals surface area contributed by atoms with Crippen molar-refractivity contribution in [3.8, 4) is 0 Å². The van der Waals surface area contributed by atoms with Crippen LogP contribution in [-0.2, 0) is 0 Å². The average Bonchev–Trinajstić information content (AvgIpc) is 3.31. The summed E-state index contributed by atoms with van der Waals surface area (Å²) in [6.45, 7) is 0. The second-order valence-corrected chi connectivity index (χ2v) is 18.0. The summed E-state index contributed by atoms with van der Waals surface area (Å²) in [6.07, 6.45) is 0. The summed E-state index contributed by atoms with van der Waals surface area (Å²) in [5, 5.41) is 47.0. The Labute approximate surface area is 339 Å². The first-order valence-electron chi connectivity index (χ1n) is 21.4. The van der Waals surface area contributed by atoms with Gasteiger partial charge in [0, 0.05) is 0 Å². The van der Waals surface area contributed by atoms with Crippen molar-refractivity contribution in [3.63, 3.8) is 0 Å². The minimum absolute atomic E-state index is 1.34. The van der Waals surface area contributed by atoms with E-state index in [1.807, 2.05) is 0 Å². The lowest BCUT2D eigenvalue weighted by atomic mass is 9.75. The molecular formula is C60H26. The Morgan fingerprint density at radius 1 is 0.100 bits per heavy atom. The molecule has 0 aliphatic carbocycles. The molecule has 0 spiro atoms. The molecule has 0 saturated heterocycles. The van der Waals surface area contributed by atoms with Crippen molar-refractivity contribution >= 4 is 183 Å². The third-order valence-electron chi connectivity index (χ3n) is 15.9. The Kier molecular flexibility index (Phi) is 4.25. The van der Waals surface area contributed by atoms with Gasteiger partial charge in [-0.15, -0.1) is 0 Å². The number of hydrogen-bond donors (Lipinski definition) is 0. The van der Waals surface area contributed by atoms with Crippen LogP contribution in [0.4, 0.5) is 0 Å². The highest BCUT2D eigenvalue weighted by molar-refractivity contribution is 6.58. The molecule has 18 aromatic carbocycles. The molecular weight excluding hydrogens is 721 g/mol. The molecule has 0 unspecified atom stereocenters. The minimum Gasteiger partial charge on any atom is -0.0616 e. The fraction of sp³-hybridized carbons (Fsp3) is 0. The van der Waals surface area contributed by atoms with E-state index in [4.69, 9.17) is 0 Å². The molecule has 0 amide bonds. The van der Waals surface area contributed by atoms with E-state index in [1.54, 1.807) is 0 Å². The monoisotopic (exact) mass is 746 g/mol. The van der Waals surface area contributed by atoms with E-state index in [9.17, 15) is 0 Å². The second-order valence-electron chi connectivity index (χ2n) is 18.0. The molecule has 0 bridgehead atoms. The molecule has 0 nitrogen and oxygen atoms in total. The molecule has 18 aromatic rings. The maximum absolute atomic E-state index is 2.48. The van der Waals surface area contributed by atoms with E-state index in [0.717, 1.165) is 0 Å². The lowest BCUT2D eigenvalue weighted by Crippen LogP contribution is -1.98. The van der Waals surface area contributed by atoms with Crippen molar-refractivity contribution in [2.45, 2.75) is 0 Å². The van der Waals surface area contributed by atoms with E-state index >= 15 is 0 Å². The van der Waals surface area contributed by atoms with E-state index in [-0.39, 0.29) is 0 Å².